The molecule has 0 aliphatic rings. The summed E-state index contributed by atoms with van der Waals surface area (Å²) in [6.07, 6.45) is -1.21. The van der Waals surface area contributed by atoms with Gasteiger partial charge in [0.05, 0.1) is 0 Å². The van der Waals surface area contributed by atoms with Gasteiger partial charge < -0.3 is 0 Å². The van der Waals surface area contributed by atoms with Gasteiger partial charge in [0.25, 0.3) is 12.3 Å². The number of nitrogens with zero attached hydrogens (tertiary/aromatic N) is 8. The molecule has 104 valence electrons. The highest BCUT2D eigenvalue weighted by molar-refractivity contribution is 4.59. The molecular weight excluding hydrogens is 260 g/mol. The lowest BCUT2D eigenvalue weighted by Gasteiger charge is -2.04. The highest BCUT2D eigenvalue weighted by Crippen LogP contribution is 2.12. The van der Waals surface area contributed by atoms with Crippen LogP contribution in [0.3, 0.4) is 0 Å². The van der Waals surface area contributed by atoms with Crippen LogP contribution in [0, 0.1) is 20.2 Å². The van der Waals surface area contributed by atoms with Crippen LogP contribution in [0.2, 0.25) is 0 Å². The maximum atomic E-state index is 10.4. The van der Waals surface area contributed by atoms with E-state index in [1.165, 1.54) is 0 Å². The van der Waals surface area contributed by atoms with Gasteiger partial charge in [0.2, 0.25) is 0 Å². The minimum atomic E-state index is -1.31. The molecule has 19 heavy (non-hydrogen) atoms. The zero-order valence-corrected chi connectivity index (χ0v) is 9.90. The fourth-order valence-electron chi connectivity index (χ4n) is 1.36. The van der Waals surface area contributed by atoms with Gasteiger partial charge in [0, 0.05) is 32.5 Å². The Balaban J connectivity index is 3.97. The third kappa shape index (κ3) is 7.36. The second kappa shape index (κ2) is 9.45. The SMILES string of the molecule is [N-]=[N+]=NC(CCCCCC(N=[N+]=[N-])[N+](=O)[O-])[N+](=O)[O-]. The summed E-state index contributed by atoms with van der Waals surface area (Å²) in [7, 11) is 0. The zero-order valence-electron chi connectivity index (χ0n) is 9.90. The molecule has 2 unspecified atom stereocenters. The van der Waals surface area contributed by atoms with Gasteiger partial charge in [-0.15, -0.1) is 0 Å². The molecule has 0 bridgehead atoms. The van der Waals surface area contributed by atoms with Crippen molar-refractivity contribution in [3.8, 4) is 0 Å². The van der Waals surface area contributed by atoms with Crippen molar-refractivity contribution in [2.75, 3.05) is 0 Å². The standard InChI is InChI=1S/C7H12N8O4/c8-12-10-6(14(16)17)4-2-1-3-5-7(11-13-9)15(18)19/h6-7H,1-5H2. The average molecular weight is 272 g/mol. The van der Waals surface area contributed by atoms with Crippen molar-refractivity contribution in [2.45, 2.75) is 44.4 Å². The van der Waals surface area contributed by atoms with E-state index in [-0.39, 0.29) is 12.8 Å². The lowest BCUT2D eigenvalue weighted by Crippen LogP contribution is -2.17. The summed E-state index contributed by atoms with van der Waals surface area (Å²) < 4.78 is 0. The van der Waals surface area contributed by atoms with Crippen molar-refractivity contribution in [1.29, 1.82) is 0 Å². The average Bonchev–Trinajstić information content (AvgIpc) is 2.35. The molecule has 0 radical (unpaired) electrons. The van der Waals surface area contributed by atoms with Gasteiger partial charge in [-0.1, -0.05) is 6.42 Å². The van der Waals surface area contributed by atoms with Gasteiger partial charge in [0.1, 0.15) is 0 Å². The Morgan fingerprint density at radius 2 is 1.26 bits per heavy atom. The molecule has 0 heterocycles. The lowest BCUT2D eigenvalue weighted by atomic mass is 10.1. The van der Waals surface area contributed by atoms with Crippen molar-refractivity contribution in [3.05, 3.63) is 41.1 Å². The summed E-state index contributed by atoms with van der Waals surface area (Å²) >= 11 is 0. The Labute approximate surface area is 107 Å². The fourth-order valence-corrected chi connectivity index (χ4v) is 1.36. The van der Waals surface area contributed by atoms with Gasteiger partial charge in [0.15, 0.2) is 0 Å². The van der Waals surface area contributed by atoms with Crippen molar-refractivity contribution in [1.82, 2.24) is 0 Å². The molecule has 0 N–H and O–H groups in total. The Morgan fingerprint density at radius 3 is 1.53 bits per heavy atom. The van der Waals surface area contributed by atoms with E-state index in [1.807, 2.05) is 0 Å². The number of hydrogen-bond donors (Lipinski definition) is 0. The van der Waals surface area contributed by atoms with Gasteiger partial charge in [-0.25, -0.2) is 0 Å². The predicted octanol–water partition coefficient (Wildman–Crippen LogP) is 2.76. The van der Waals surface area contributed by atoms with E-state index in [9.17, 15) is 20.2 Å². The second-order valence-corrected chi connectivity index (χ2v) is 3.58. The molecule has 0 spiro atoms. The smallest absolute Gasteiger partial charge is 0.264 e. The molecule has 0 aliphatic carbocycles. The highest BCUT2D eigenvalue weighted by atomic mass is 16.6. The maximum Gasteiger partial charge on any atom is 0.292 e. The monoisotopic (exact) mass is 272 g/mol. The molecule has 0 rings (SSSR count). The third-order valence-electron chi connectivity index (χ3n) is 2.28. The predicted molar refractivity (Wildman–Crippen MR) is 62.9 cm³/mol. The Morgan fingerprint density at radius 1 is 0.895 bits per heavy atom. The first kappa shape index (κ1) is 16.4. The number of unbranched alkanes of at least 4 members (excludes halogenated alkanes) is 2. The molecule has 12 nitrogen and oxygen atoms in total. The first-order valence-corrected chi connectivity index (χ1v) is 5.38. The summed E-state index contributed by atoms with van der Waals surface area (Å²) in [5.74, 6) is 0. The molecular formula is C7H12N8O4. The molecule has 0 aromatic carbocycles. The highest BCUT2D eigenvalue weighted by Gasteiger charge is 2.19. The number of hydrogen-bond acceptors (Lipinski definition) is 6. The Hall–Kier alpha value is -2.58. The van der Waals surface area contributed by atoms with E-state index in [2.05, 4.69) is 20.1 Å². The van der Waals surface area contributed by atoms with Crippen LogP contribution in [0.25, 0.3) is 20.9 Å². The normalized spacial score (nSPS) is 12.6. The van der Waals surface area contributed by atoms with E-state index in [4.69, 9.17) is 11.1 Å². The summed E-state index contributed by atoms with van der Waals surface area (Å²) in [6.45, 7) is 0. The molecule has 0 saturated heterocycles. The number of rotatable bonds is 10. The van der Waals surface area contributed by atoms with Crippen LogP contribution < -0.4 is 0 Å². The van der Waals surface area contributed by atoms with Crippen LogP contribution >= 0.6 is 0 Å². The van der Waals surface area contributed by atoms with Gasteiger partial charge in [-0.05, 0) is 34.1 Å². The van der Waals surface area contributed by atoms with E-state index in [1.54, 1.807) is 0 Å². The Kier molecular flexibility index (Phi) is 8.17. The quantitative estimate of drug-likeness (QED) is 0.148. The molecule has 2 atom stereocenters. The maximum absolute atomic E-state index is 10.4. The molecule has 0 aliphatic heterocycles. The summed E-state index contributed by atoms with van der Waals surface area (Å²) in [5.41, 5.74) is 16.2. The van der Waals surface area contributed by atoms with Crippen LogP contribution in [0.1, 0.15) is 32.1 Å². The summed E-state index contributed by atoms with van der Waals surface area (Å²) in [4.78, 5) is 24.2. The van der Waals surface area contributed by atoms with Gasteiger partial charge in [-0.3, -0.25) is 20.2 Å². The van der Waals surface area contributed by atoms with Crippen LogP contribution in [-0.4, -0.2) is 22.2 Å². The van der Waals surface area contributed by atoms with E-state index < -0.39 is 22.2 Å². The van der Waals surface area contributed by atoms with E-state index >= 15 is 0 Å². The first-order chi connectivity index (χ1) is 9.02. The Bertz CT molecular complexity index is 371. The van der Waals surface area contributed by atoms with Crippen molar-refractivity contribution in [3.63, 3.8) is 0 Å². The van der Waals surface area contributed by atoms with Crippen LogP contribution in [0.15, 0.2) is 10.2 Å². The van der Waals surface area contributed by atoms with Gasteiger partial charge in [-0.2, -0.15) is 0 Å². The van der Waals surface area contributed by atoms with Crippen molar-refractivity contribution < 1.29 is 9.85 Å². The topological polar surface area (TPSA) is 184 Å². The second-order valence-electron chi connectivity index (χ2n) is 3.58. The number of azide groups is 2. The van der Waals surface area contributed by atoms with Crippen LogP contribution in [-0.2, 0) is 0 Å². The summed E-state index contributed by atoms with van der Waals surface area (Å²) in [6, 6.07) is 0. The lowest BCUT2D eigenvalue weighted by molar-refractivity contribution is -0.522. The fraction of sp³-hybridized carbons (Fsp3) is 1.00. The van der Waals surface area contributed by atoms with E-state index in [0.29, 0.717) is 19.3 Å². The molecule has 0 aromatic rings. The summed E-state index contributed by atoms with van der Waals surface area (Å²) in [5, 5.41) is 26.9. The molecule has 0 saturated carbocycles. The van der Waals surface area contributed by atoms with Crippen molar-refractivity contribution >= 4 is 0 Å². The van der Waals surface area contributed by atoms with E-state index in [0.717, 1.165) is 0 Å². The minimum absolute atomic E-state index is 0.0711. The molecule has 0 amide bonds. The van der Waals surface area contributed by atoms with Crippen LogP contribution in [0.5, 0.6) is 0 Å². The molecule has 12 heteroatoms. The zero-order chi connectivity index (χ0) is 14.7. The molecule has 0 fully saturated rings. The third-order valence-corrected chi connectivity index (χ3v) is 2.28. The molecule has 0 aromatic heterocycles. The van der Waals surface area contributed by atoms with Crippen molar-refractivity contribution in [2.24, 2.45) is 10.2 Å². The minimum Gasteiger partial charge on any atom is -0.264 e. The number of nitro groups is 2. The van der Waals surface area contributed by atoms with Crippen LogP contribution in [0.4, 0.5) is 0 Å². The van der Waals surface area contributed by atoms with Gasteiger partial charge >= 0.3 is 0 Å². The largest absolute Gasteiger partial charge is 0.292 e. The first-order valence-electron chi connectivity index (χ1n) is 5.38.